The van der Waals surface area contributed by atoms with Gasteiger partial charge in [0, 0.05) is 37.8 Å². The maximum Gasteiger partial charge on any atom is 0.219 e. The molecule has 0 N–H and O–H groups in total. The Balaban J connectivity index is 1.71. The number of aromatic nitrogens is 3. The number of carbonyl (C=O) groups excluding carboxylic acids is 1. The van der Waals surface area contributed by atoms with Crippen molar-refractivity contribution in [3.05, 3.63) is 69.7 Å². The third kappa shape index (κ3) is 3.09. The van der Waals surface area contributed by atoms with Crippen LogP contribution in [0.2, 0.25) is 0 Å². The van der Waals surface area contributed by atoms with Crippen LogP contribution in [-0.2, 0) is 17.9 Å². The summed E-state index contributed by atoms with van der Waals surface area (Å²) in [5.41, 5.74) is 3.52. The molecule has 128 valence electrons. The summed E-state index contributed by atoms with van der Waals surface area (Å²) < 4.78 is 2.15. The fourth-order valence-electron chi connectivity index (χ4n) is 3.49. The van der Waals surface area contributed by atoms with Crippen LogP contribution in [0, 0.1) is 6.92 Å². The Morgan fingerprint density at radius 1 is 1.36 bits per heavy atom. The van der Waals surface area contributed by atoms with Crippen molar-refractivity contribution in [1.82, 2.24) is 19.4 Å². The van der Waals surface area contributed by atoms with Gasteiger partial charge in [0.1, 0.15) is 5.82 Å². The minimum Gasteiger partial charge on any atom is -0.338 e. The van der Waals surface area contributed by atoms with Crippen molar-refractivity contribution in [2.24, 2.45) is 0 Å². The molecule has 1 aliphatic rings. The Labute approximate surface area is 151 Å². The highest BCUT2D eigenvalue weighted by Crippen LogP contribution is 2.33. The molecule has 5 nitrogen and oxygen atoms in total. The smallest absolute Gasteiger partial charge is 0.219 e. The van der Waals surface area contributed by atoms with Gasteiger partial charge in [-0.1, -0.05) is 24.3 Å². The molecule has 0 saturated heterocycles. The second-order valence-electron chi connectivity index (χ2n) is 6.42. The molecule has 0 aliphatic carbocycles. The SMILES string of the molecule is CC(=O)N1Cc2ccccc2[C@H](c2nccn2Cc2csc(C)n2)C1. The van der Waals surface area contributed by atoms with Crippen molar-refractivity contribution in [2.45, 2.75) is 32.9 Å². The van der Waals surface area contributed by atoms with Gasteiger partial charge in [0.15, 0.2) is 0 Å². The van der Waals surface area contributed by atoms with E-state index in [0.29, 0.717) is 19.6 Å². The van der Waals surface area contributed by atoms with E-state index in [0.717, 1.165) is 16.5 Å². The zero-order valence-electron chi connectivity index (χ0n) is 14.3. The average molecular weight is 352 g/mol. The van der Waals surface area contributed by atoms with Gasteiger partial charge in [-0.15, -0.1) is 11.3 Å². The number of fused-ring (bicyclic) bond motifs is 1. The number of carbonyl (C=O) groups is 1. The van der Waals surface area contributed by atoms with E-state index in [2.05, 4.69) is 38.1 Å². The summed E-state index contributed by atoms with van der Waals surface area (Å²) in [6.07, 6.45) is 3.84. The number of hydrogen-bond donors (Lipinski definition) is 0. The first-order valence-corrected chi connectivity index (χ1v) is 9.25. The van der Waals surface area contributed by atoms with Crippen LogP contribution in [0.4, 0.5) is 0 Å². The number of thiazole rings is 1. The third-order valence-electron chi connectivity index (χ3n) is 4.70. The van der Waals surface area contributed by atoms with Gasteiger partial charge in [-0.2, -0.15) is 0 Å². The lowest BCUT2D eigenvalue weighted by atomic mass is 9.89. The molecule has 0 unspecified atom stereocenters. The Morgan fingerprint density at radius 2 is 2.20 bits per heavy atom. The van der Waals surface area contributed by atoms with Crippen LogP contribution < -0.4 is 0 Å². The number of benzene rings is 1. The highest BCUT2D eigenvalue weighted by Gasteiger charge is 2.30. The second-order valence-corrected chi connectivity index (χ2v) is 7.48. The van der Waals surface area contributed by atoms with Crippen LogP contribution in [0.15, 0.2) is 42.0 Å². The van der Waals surface area contributed by atoms with E-state index in [9.17, 15) is 4.79 Å². The molecule has 1 aromatic carbocycles. The molecule has 6 heteroatoms. The summed E-state index contributed by atoms with van der Waals surface area (Å²) >= 11 is 1.66. The molecule has 4 rings (SSSR count). The number of amides is 1. The first-order valence-electron chi connectivity index (χ1n) is 8.37. The van der Waals surface area contributed by atoms with Crippen LogP contribution in [0.3, 0.4) is 0 Å². The molecule has 1 atom stereocenters. The van der Waals surface area contributed by atoms with Crippen molar-refractivity contribution >= 4 is 17.2 Å². The van der Waals surface area contributed by atoms with Gasteiger partial charge in [-0.05, 0) is 18.1 Å². The maximum atomic E-state index is 12.0. The molecule has 0 fully saturated rings. The van der Waals surface area contributed by atoms with Gasteiger partial charge in [0.2, 0.25) is 5.91 Å². The van der Waals surface area contributed by atoms with E-state index in [-0.39, 0.29) is 11.8 Å². The second kappa shape index (κ2) is 6.44. The van der Waals surface area contributed by atoms with E-state index in [1.165, 1.54) is 11.1 Å². The van der Waals surface area contributed by atoms with E-state index in [1.54, 1.807) is 18.3 Å². The van der Waals surface area contributed by atoms with E-state index in [1.807, 2.05) is 30.3 Å². The largest absolute Gasteiger partial charge is 0.338 e. The molecule has 0 saturated carbocycles. The quantitative estimate of drug-likeness (QED) is 0.727. The van der Waals surface area contributed by atoms with Gasteiger partial charge in [-0.25, -0.2) is 9.97 Å². The molecular formula is C19H20N4OS. The van der Waals surface area contributed by atoms with E-state index in [4.69, 9.17) is 0 Å². The van der Waals surface area contributed by atoms with Gasteiger partial charge in [-0.3, -0.25) is 4.79 Å². The summed E-state index contributed by atoms with van der Waals surface area (Å²) in [5, 5.41) is 3.16. The topological polar surface area (TPSA) is 51.0 Å². The molecule has 25 heavy (non-hydrogen) atoms. The van der Waals surface area contributed by atoms with Crippen molar-refractivity contribution in [3.8, 4) is 0 Å². The number of rotatable bonds is 3. The van der Waals surface area contributed by atoms with Gasteiger partial charge in [0.05, 0.1) is 23.2 Å². The highest BCUT2D eigenvalue weighted by molar-refractivity contribution is 7.09. The fraction of sp³-hybridized carbons (Fsp3) is 0.316. The third-order valence-corrected chi connectivity index (χ3v) is 5.52. The zero-order valence-corrected chi connectivity index (χ0v) is 15.2. The van der Waals surface area contributed by atoms with Crippen molar-refractivity contribution < 1.29 is 4.79 Å². The van der Waals surface area contributed by atoms with Crippen LogP contribution >= 0.6 is 11.3 Å². The fourth-order valence-corrected chi connectivity index (χ4v) is 4.09. The van der Waals surface area contributed by atoms with Gasteiger partial charge >= 0.3 is 0 Å². The standard InChI is InChI=1S/C19H20N4OS/c1-13-21-16(12-25-13)10-22-8-7-20-19(22)18-11-23(14(2)24)9-15-5-3-4-6-17(15)18/h3-8,12,18H,9-11H2,1-2H3/t18-/m1/s1. The number of nitrogens with zero attached hydrogens (tertiary/aromatic N) is 4. The van der Waals surface area contributed by atoms with Crippen LogP contribution in [-0.4, -0.2) is 31.9 Å². The predicted molar refractivity (Wildman–Crippen MR) is 97.6 cm³/mol. The summed E-state index contributed by atoms with van der Waals surface area (Å²) in [6.45, 7) is 5.70. The van der Waals surface area contributed by atoms with Crippen LogP contribution in [0.25, 0.3) is 0 Å². The Kier molecular flexibility index (Phi) is 4.13. The number of hydrogen-bond acceptors (Lipinski definition) is 4. The molecule has 3 heterocycles. The summed E-state index contributed by atoms with van der Waals surface area (Å²) in [4.78, 5) is 23.1. The lowest BCUT2D eigenvalue weighted by Crippen LogP contribution is -2.38. The van der Waals surface area contributed by atoms with Crippen molar-refractivity contribution in [3.63, 3.8) is 0 Å². The van der Waals surface area contributed by atoms with Gasteiger partial charge in [0.25, 0.3) is 0 Å². The molecule has 0 bridgehead atoms. The lowest BCUT2D eigenvalue weighted by Gasteiger charge is -2.34. The molecule has 0 spiro atoms. The molecular weight excluding hydrogens is 332 g/mol. The van der Waals surface area contributed by atoms with Crippen LogP contribution in [0.1, 0.15) is 40.5 Å². The van der Waals surface area contributed by atoms with Crippen LogP contribution in [0.5, 0.6) is 0 Å². The first-order chi connectivity index (χ1) is 12.1. The summed E-state index contributed by atoms with van der Waals surface area (Å²) in [6, 6.07) is 8.36. The van der Waals surface area contributed by atoms with E-state index >= 15 is 0 Å². The predicted octanol–water partition coefficient (Wildman–Crippen LogP) is 3.19. The summed E-state index contributed by atoms with van der Waals surface area (Å²) in [7, 11) is 0. The number of imidazole rings is 1. The highest BCUT2D eigenvalue weighted by atomic mass is 32.1. The minimum atomic E-state index is 0.0867. The van der Waals surface area contributed by atoms with Crippen molar-refractivity contribution in [2.75, 3.05) is 6.54 Å². The van der Waals surface area contributed by atoms with Gasteiger partial charge < -0.3 is 9.47 Å². The monoisotopic (exact) mass is 352 g/mol. The number of aryl methyl sites for hydroxylation is 1. The lowest BCUT2D eigenvalue weighted by molar-refractivity contribution is -0.129. The average Bonchev–Trinajstić information content (AvgIpc) is 3.23. The van der Waals surface area contributed by atoms with E-state index < -0.39 is 0 Å². The van der Waals surface area contributed by atoms with Crippen molar-refractivity contribution in [1.29, 1.82) is 0 Å². The first kappa shape index (κ1) is 16.0. The molecule has 3 aromatic rings. The normalized spacial score (nSPS) is 16.7. The molecule has 1 aliphatic heterocycles. The molecule has 1 amide bonds. The molecule has 0 radical (unpaired) electrons. The Hall–Kier alpha value is -2.47. The minimum absolute atomic E-state index is 0.0867. The Bertz CT molecular complexity index is 914. The Morgan fingerprint density at radius 3 is 2.96 bits per heavy atom. The molecule has 2 aromatic heterocycles. The summed E-state index contributed by atoms with van der Waals surface area (Å²) in [5.74, 6) is 1.18. The maximum absolute atomic E-state index is 12.0. The zero-order chi connectivity index (χ0) is 17.4.